The Hall–Kier alpha value is -2.16. The number of Topliss-reactive ketones (excluding diaryl/α,β-unsaturated/α-hetero) is 1. The molecule has 0 aliphatic carbocycles. The lowest BCUT2D eigenvalue weighted by atomic mass is 10.1. The van der Waals surface area contributed by atoms with Crippen LogP contribution in [0.5, 0.6) is 5.75 Å². The van der Waals surface area contributed by atoms with Gasteiger partial charge in [-0.2, -0.15) is 4.31 Å². The van der Waals surface area contributed by atoms with Crippen molar-refractivity contribution in [3.05, 3.63) is 46.3 Å². The summed E-state index contributed by atoms with van der Waals surface area (Å²) in [6.45, 7) is 9.66. The van der Waals surface area contributed by atoms with Gasteiger partial charge in [-0.05, 0) is 57.0 Å². The first-order valence-electron chi connectivity index (χ1n) is 10.1. The maximum Gasteiger partial charge on any atom is 0.243 e. The number of aromatic nitrogens is 1. The largest absolute Gasteiger partial charge is 0.496 e. The van der Waals surface area contributed by atoms with Gasteiger partial charge in [0.1, 0.15) is 5.75 Å². The molecular weight excluding hydrogens is 402 g/mol. The highest BCUT2D eigenvalue weighted by molar-refractivity contribution is 7.89. The third-order valence-electron chi connectivity index (χ3n) is 6.08. The molecule has 0 bridgehead atoms. The molecule has 1 aromatic heterocycles. The Labute approximate surface area is 179 Å². The van der Waals surface area contributed by atoms with Gasteiger partial charge >= 0.3 is 0 Å². The molecule has 0 spiro atoms. The van der Waals surface area contributed by atoms with Crippen LogP contribution >= 0.6 is 0 Å². The van der Waals surface area contributed by atoms with E-state index in [1.54, 1.807) is 26.2 Å². The van der Waals surface area contributed by atoms with Gasteiger partial charge in [0.2, 0.25) is 10.0 Å². The number of ketones is 1. The SMILES string of the molecule is COc1cc(C)c(S(=O)(=O)N2CCN(CC(=O)c3cc(C)n(C)c3C)CC2)cc1C. The first kappa shape index (κ1) is 22.5. The number of hydrogen-bond donors (Lipinski definition) is 0. The van der Waals surface area contributed by atoms with Crippen molar-refractivity contribution >= 4 is 15.8 Å². The molecule has 1 aliphatic heterocycles. The van der Waals surface area contributed by atoms with Crippen molar-refractivity contribution in [3.8, 4) is 5.75 Å². The van der Waals surface area contributed by atoms with Crippen LogP contribution in [0.2, 0.25) is 0 Å². The summed E-state index contributed by atoms with van der Waals surface area (Å²) in [5.74, 6) is 0.760. The number of sulfonamides is 1. The molecule has 0 unspecified atom stereocenters. The summed E-state index contributed by atoms with van der Waals surface area (Å²) in [6, 6.07) is 5.37. The minimum atomic E-state index is -3.59. The maximum absolute atomic E-state index is 13.2. The third-order valence-corrected chi connectivity index (χ3v) is 8.12. The number of rotatable bonds is 6. The Morgan fingerprint density at radius 2 is 1.63 bits per heavy atom. The van der Waals surface area contributed by atoms with Crippen molar-refractivity contribution < 1.29 is 17.9 Å². The normalized spacial score (nSPS) is 16.1. The monoisotopic (exact) mass is 433 g/mol. The highest BCUT2D eigenvalue weighted by Gasteiger charge is 2.31. The summed E-state index contributed by atoms with van der Waals surface area (Å²) in [5.41, 5.74) is 4.22. The standard InChI is InChI=1S/C22H31N3O4S/c1-15-12-22(16(2)11-21(15)29-6)30(27,28)25-9-7-24(8-10-25)14-20(26)19-13-17(3)23(5)18(19)4/h11-13H,7-10,14H2,1-6H3. The molecule has 1 fully saturated rings. The Bertz CT molecular complexity index is 1060. The molecule has 0 radical (unpaired) electrons. The van der Waals surface area contributed by atoms with Gasteiger partial charge in [-0.25, -0.2) is 8.42 Å². The summed E-state index contributed by atoms with van der Waals surface area (Å²) in [7, 11) is -0.0600. The molecule has 164 valence electrons. The lowest BCUT2D eigenvalue weighted by Gasteiger charge is -2.34. The lowest BCUT2D eigenvalue weighted by Crippen LogP contribution is -2.49. The molecule has 0 atom stereocenters. The topological polar surface area (TPSA) is 71.9 Å². The highest BCUT2D eigenvalue weighted by atomic mass is 32.2. The molecule has 30 heavy (non-hydrogen) atoms. The van der Waals surface area contributed by atoms with Crippen molar-refractivity contribution in [2.45, 2.75) is 32.6 Å². The predicted molar refractivity (Wildman–Crippen MR) is 117 cm³/mol. The lowest BCUT2D eigenvalue weighted by molar-refractivity contribution is 0.0901. The second-order valence-electron chi connectivity index (χ2n) is 8.03. The summed E-state index contributed by atoms with van der Waals surface area (Å²) < 4.78 is 35.2. The summed E-state index contributed by atoms with van der Waals surface area (Å²) >= 11 is 0. The van der Waals surface area contributed by atoms with Crippen LogP contribution in [-0.2, 0) is 17.1 Å². The minimum Gasteiger partial charge on any atom is -0.496 e. The number of ether oxygens (including phenoxy) is 1. The van der Waals surface area contributed by atoms with Gasteiger partial charge in [0.15, 0.2) is 5.78 Å². The van der Waals surface area contributed by atoms with E-state index in [-0.39, 0.29) is 5.78 Å². The Morgan fingerprint density at radius 1 is 1.00 bits per heavy atom. The van der Waals surface area contributed by atoms with E-state index in [0.29, 0.717) is 48.9 Å². The number of carbonyl (C=O) groups is 1. The first-order chi connectivity index (χ1) is 14.1. The number of benzene rings is 1. The van der Waals surface area contributed by atoms with E-state index in [9.17, 15) is 13.2 Å². The third kappa shape index (κ3) is 4.17. The smallest absolute Gasteiger partial charge is 0.243 e. The average Bonchev–Trinajstić information content (AvgIpc) is 2.97. The van der Waals surface area contributed by atoms with Crippen LogP contribution in [0.4, 0.5) is 0 Å². The molecule has 1 aliphatic rings. The van der Waals surface area contributed by atoms with Gasteiger partial charge in [-0.15, -0.1) is 0 Å². The number of piperazine rings is 1. The molecular formula is C22H31N3O4S. The summed E-state index contributed by atoms with van der Waals surface area (Å²) in [5, 5.41) is 0. The van der Waals surface area contributed by atoms with Gasteiger partial charge in [0, 0.05) is 50.2 Å². The molecule has 0 saturated carbocycles. The van der Waals surface area contributed by atoms with E-state index in [2.05, 4.69) is 0 Å². The van der Waals surface area contributed by atoms with E-state index in [0.717, 1.165) is 22.5 Å². The van der Waals surface area contributed by atoms with Gasteiger partial charge in [-0.1, -0.05) is 0 Å². The van der Waals surface area contributed by atoms with Crippen molar-refractivity contribution in [2.24, 2.45) is 7.05 Å². The van der Waals surface area contributed by atoms with E-state index in [4.69, 9.17) is 4.74 Å². The van der Waals surface area contributed by atoms with Crippen molar-refractivity contribution in [3.63, 3.8) is 0 Å². The number of nitrogens with zero attached hydrogens (tertiary/aromatic N) is 3. The average molecular weight is 434 g/mol. The number of aryl methyl sites for hydroxylation is 3. The molecule has 0 amide bonds. The van der Waals surface area contributed by atoms with Crippen molar-refractivity contribution in [2.75, 3.05) is 39.8 Å². The quantitative estimate of drug-likeness (QED) is 0.655. The zero-order valence-electron chi connectivity index (χ0n) is 18.7. The van der Waals surface area contributed by atoms with E-state index >= 15 is 0 Å². The van der Waals surface area contributed by atoms with Crippen LogP contribution in [0.1, 0.15) is 32.9 Å². The van der Waals surface area contributed by atoms with Gasteiger partial charge in [0.05, 0.1) is 18.6 Å². The predicted octanol–water partition coefficient (Wildman–Crippen LogP) is 2.46. The minimum absolute atomic E-state index is 0.0779. The fourth-order valence-corrected chi connectivity index (χ4v) is 5.67. The van der Waals surface area contributed by atoms with Crippen molar-refractivity contribution in [1.29, 1.82) is 0 Å². The number of hydrogen-bond acceptors (Lipinski definition) is 5. The Kier molecular flexibility index (Phi) is 6.40. The highest BCUT2D eigenvalue weighted by Crippen LogP contribution is 2.28. The second-order valence-corrected chi connectivity index (χ2v) is 9.94. The second kappa shape index (κ2) is 8.53. The van der Waals surface area contributed by atoms with Gasteiger partial charge in [0.25, 0.3) is 0 Å². The Morgan fingerprint density at radius 3 is 2.17 bits per heavy atom. The zero-order valence-corrected chi connectivity index (χ0v) is 19.5. The fraction of sp³-hybridized carbons (Fsp3) is 0.500. The summed E-state index contributed by atoms with van der Waals surface area (Å²) in [4.78, 5) is 15.1. The molecule has 7 nitrogen and oxygen atoms in total. The zero-order chi connectivity index (χ0) is 22.2. The van der Waals surface area contributed by atoms with Crippen LogP contribution in [0.25, 0.3) is 0 Å². The molecule has 1 saturated heterocycles. The molecule has 1 aromatic carbocycles. The number of carbonyl (C=O) groups excluding carboxylic acids is 1. The maximum atomic E-state index is 13.2. The van der Waals surface area contributed by atoms with Gasteiger partial charge < -0.3 is 9.30 Å². The molecule has 8 heteroatoms. The van der Waals surface area contributed by atoms with Crippen LogP contribution in [0.15, 0.2) is 23.1 Å². The fourth-order valence-electron chi connectivity index (χ4n) is 3.95. The van der Waals surface area contributed by atoms with E-state index in [1.807, 2.05) is 43.4 Å². The molecule has 0 N–H and O–H groups in total. The van der Waals surface area contributed by atoms with Crippen LogP contribution in [-0.4, -0.2) is 67.8 Å². The molecule has 2 aromatic rings. The van der Waals surface area contributed by atoms with Crippen LogP contribution in [0, 0.1) is 27.7 Å². The van der Waals surface area contributed by atoms with E-state index < -0.39 is 10.0 Å². The van der Waals surface area contributed by atoms with E-state index in [1.165, 1.54) is 4.31 Å². The Balaban J connectivity index is 1.68. The number of methoxy groups -OCH3 is 1. The van der Waals surface area contributed by atoms with Crippen molar-refractivity contribution in [1.82, 2.24) is 13.8 Å². The van der Waals surface area contributed by atoms with Crippen LogP contribution < -0.4 is 4.74 Å². The van der Waals surface area contributed by atoms with Gasteiger partial charge in [-0.3, -0.25) is 9.69 Å². The van der Waals surface area contributed by atoms with Crippen LogP contribution in [0.3, 0.4) is 0 Å². The summed E-state index contributed by atoms with van der Waals surface area (Å²) in [6.07, 6.45) is 0. The molecule has 2 heterocycles. The first-order valence-corrected chi connectivity index (χ1v) is 11.5. The molecule has 3 rings (SSSR count).